The Kier molecular flexibility index (Phi) is 10.4. The molecule has 0 atom stereocenters. The Morgan fingerprint density at radius 3 is 2.11 bits per heavy atom. The molecule has 0 unspecified atom stereocenters. The summed E-state index contributed by atoms with van der Waals surface area (Å²) in [7, 11) is 4.79. The van der Waals surface area contributed by atoms with Gasteiger partial charge in [0.1, 0.15) is 11.6 Å². The lowest BCUT2D eigenvalue weighted by Gasteiger charge is -2.16. The number of nitrogens with one attached hydrogen (secondary N) is 2. The third-order valence-electron chi connectivity index (χ3n) is 3.91. The fraction of sp³-hybridized carbons (Fsp3) is 0.350. The maximum atomic E-state index is 13.0. The minimum atomic E-state index is -0.256. The molecule has 0 heterocycles. The summed E-state index contributed by atoms with van der Waals surface area (Å²) < 4.78 is 29.1. The first-order chi connectivity index (χ1) is 13.1. The zero-order valence-electron chi connectivity index (χ0n) is 16.5. The number of guanidine groups is 1. The average Bonchev–Trinajstić information content (AvgIpc) is 2.70. The van der Waals surface area contributed by atoms with Crippen LogP contribution in [0.3, 0.4) is 0 Å². The second kappa shape index (κ2) is 12.3. The third-order valence-corrected chi connectivity index (χ3v) is 3.91. The summed E-state index contributed by atoms with van der Waals surface area (Å²) in [5.41, 5.74) is 1.83. The number of halogens is 2. The van der Waals surface area contributed by atoms with Crippen molar-refractivity contribution in [2.75, 3.05) is 27.9 Å². The molecular formula is C20H27FIN3O3. The summed E-state index contributed by atoms with van der Waals surface area (Å²) in [6.45, 7) is 3.64. The molecule has 0 aliphatic heterocycles. The fourth-order valence-electron chi connectivity index (χ4n) is 2.51. The van der Waals surface area contributed by atoms with Gasteiger partial charge >= 0.3 is 0 Å². The van der Waals surface area contributed by atoms with Gasteiger partial charge in [0, 0.05) is 24.7 Å². The van der Waals surface area contributed by atoms with E-state index >= 15 is 0 Å². The van der Waals surface area contributed by atoms with E-state index in [1.165, 1.54) is 12.1 Å². The molecule has 6 nitrogen and oxygen atoms in total. The average molecular weight is 503 g/mol. The maximum absolute atomic E-state index is 13.0. The van der Waals surface area contributed by atoms with Crippen molar-refractivity contribution in [2.24, 2.45) is 4.99 Å². The Bertz CT molecular complexity index is 770. The predicted octanol–water partition coefficient (Wildman–Crippen LogP) is 3.72. The van der Waals surface area contributed by atoms with Crippen LogP contribution in [0.25, 0.3) is 0 Å². The first kappa shape index (κ1) is 23.8. The van der Waals surface area contributed by atoms with Crippen LogP contribution in [0.2, 0.25) is 0 Å². The number of aliphatic imine (C=N–C) groups is 1. The predicted molar refractivity (Wildman–Crippen MR) is 120 cm³/mol. The van der Waals surface area contributed by atoms with Crippen LogP contribution in [-0.2, 0) is 13.1 Å². The zero-order valence-corrected chi connectivity index (χ0v) is 18.9. The van der Waals surface area contributed by atoms with E-state index in [9.17, 15) is 4.39 Å². The standard InChI is InChI=1S/C20H26FN3O3.HI/c1-5-22-20(23-12-14-6-8-16(21)9-7-14)24-13-15-10-18(26-3)19(27-4)11-17(15)25-2;/h6-11H,5,12-13H2,1-4H3,(H2,22,23,24);1H. The largest absolute Gasteiger partial charge is 0.496 e. The van der Waals surface area contributed by atoms with Crippen molar-refractivity contribution in [2.45, 2.75) is 20.0 Å². The SMILES string of the molecule is CCNC(=NCc1ccc(F)cc1)NCc1cc(OC)c(OC)cc1OC.I. The topological polar surface area (TPSA) is 64.1 Å². The summed E-state index contributed by atoms with van der Waals surface area (Å²) in [5, 5.41) is 6.46. The van der Waals surface area contributed by atoms with Gasteiger partial charge in [-0.15, -0.1) is 24.0 Å². The molecule has 28 heavy (non-hydrogen) atoms. The van der Waals surface area contributed by atoms with Crippen LogP contribution in [0.4, 0.5) is 4.39 Å². The Labute approximate surface area is 182 Å². The molecule has 2 aromatic carbocycles. The van der Waals surface area contributed by atoms with E-state index in [4.69, 9.17) is 14.2 Å². The van der Waals surface area contributed by atoms with Crippen LogP contribution >= 0.6 is 24.0 Å². The Morgan fingerprint density at radius 1 is 0.929 bits per heavy atom. The first-order valence-corrected chi connectivity index (χ1v) is 8.66. The van der Waals surface area contributed by atoms with Gasteiger partial charge in [0.25, 0.3) is 0 Å². The molecule has 2 N–H and O–H groups in total. The number of hydrogen-bond acceptors (Lipinski definition) is 4. The number of rotatable bonds is 8. The van der Waals surface area contributed by atoms with Crippen LogP contribution in [0.1, 0.15) is 18.1 Å². The second-order valence-electron chi connectivity index (χ2n) is 5.69. The maximum Gasteiger partial charge on any atom is 0.191 e. The van der Waals surface area contributed by atoms with Gasteiger partial charge in [-0.1, -0.05) is 12.1 Å². The van der Waals surface area contributed by atoms with Crippen molar-refractivity contribution in [3.63, 3.8) is 0 Å². The lowest BCUT2D eigenvalue weighted by Crippen LogP contribution is -2.36. The van der Waals surface area contributed by atoms with E-state index in [1.54, 1.807) is 39.5 Å². The third kappa shape index (κ3) is 6.74. The molecule has 0 bridgehead atoms. The lowest BCUT2D eigenvalue weighted by atomic mass is 10.1. The molecule has 2 rings (SSSR count). The molecule has 0 aromatic heterocycles. The summed E-state index contributed by atoms with van der Waals surface area (Å²) in [5.74, 6) is 2.32. The minimum absolute atomic E-state index is 0. The van der Waals surface area contributed by atoms with Gasteiger partial charge in [-0.3, -0.25) is 0 Å². The lowest BCUT2D eigenvalue weighted by molar-refractivity contribution is 0.347. The highest BCUT2D eigenvalue weighted by molar-refractivity contribution is 14.0. The van der Waals surface area contributed by atoms with E-state index in [0.717, 1.165) is 17.7 Å². The second-order valence-corrected chi connectivity index (χ2v) is 5.69. The summed E-state index contributed by atoms with van der Waals surface area (Å²) in [6.07, 6.45) is 0. The highest BCUT2D eigenvalue weighted by atomic mass is 127. The number of hydrogen-bond donors (Lipinski definition) is 2. The molecule has 0 aliphatic rings. The Balaban J connectivity index is 0.00000392. The number of nitrogens with zero attached hydrogens (tertiary/aromatic N) is 1. The van der Waals surface area contributed by atoms with Crippen LogP contribution in [0.15, 0.2) is 41.4 Å². The molecule has 0 amide bonds. The highest BCUT2D eigenvalue weighted by Crippen LogP contribution is 2.34. The van der Waals surface area contributed by atoms with Gasteiger partial charge in [0.05, 0.1) is 27.9 Å². The molecule has 0 saturated heterocycles. The van der Waals surface area contributed by atoms with E-state index in [0.29, 0.717) is 36.3 Å². The van der Waals surface area contributed by atoms with Gasteiger partial charge in [-0.2, -0.15) is 0 Å². The first-order valence-electron chi connectivity index (χ1n) is 8.66. The smallest absolute Gasteiger partial charge is 0.191 e. The van der Waals surface area contributed by atoms with Crippen molar-refractivity contribution in [3.05, 3.63) is 53.3 Å². The summed E-state index contributed by atoms with van der Waals surface area (Å²) in [4.78, 5) is 4.54. The van der Waals surface area contributed by atoms with Gasteiger partial charge in [-0.05, 0) is 30.7 Å². The molecule has 0 saturated carbocycles. The Morgan fingerprint density at radius 2 is 1.54 bits per heavy atom. The van der Waals surface area contributed by atoms with E-state index < -0.39 is 0 Å². The summed E-state index contributed by atoms with van der Waals surface area (Å²) >= 11 is 0. The van der Waals surface area contributed by atoms with E-state index in [1.807, 2.05) is 13.0 Å². The molecule has 2 aromatic rings. The summed E-state index contributed by atoms with van der Waals surface area (Å²) in [6, 6.07) is 9.96. The van der Waals surface area contributed by atoms with Crippen molar-refractivity contribution < 1.29 is 18.6 Å². The fourth-order valence-corrected chi connectivity index (χ4v) is 2.51. The van der Waals surface area contributed by atoms with Gasteiger partial charge in [0.15, 0.2) is 17.5 Å². The van der Waals surface area contributed by atoms with Gasteiger partial charge < -0.3 is 24.8 Å². The molecule has 0 radical (unpaired) electrons. The molecule has 0 aliphatic carbocycles. The Hall–Kier alpha value is -2.23. The molecule has 154 valence electrons. The van der Waals surface area contributed by atoms with Crippen LogP contribution < -0.4 is 24.8 Å². The number of ether oxygens (including phenoxy) is 3. The monoisotopic (exact) mass is 503 g/mol. The molecule has 8 heteroatoms. The van der Waals surface area contributed by atoms with E-state index in [-0.39, 0.29) is 29.8 Å². The van der Waals surface area contributed by atoms with Gasteiger partial charge in [0.2, 0.25) is 0 Å². The highest BCUT2D eigenvalue weighted by Gasteiger charge is 2.12. The van der Waals surface area contributed by atoms with Crippen molar-refractivity contribution in [1.82, 2.24) is 10.6 Å². The van der Waals surface area contributed by atoms with Crippen molar-refractivity contribution >= 4 is 29.9 Å². The van der Waals surface area contributed by atoms with Crippen molar-refractivity contribution in [1.29, 1.82) is 0 Å². The van der Waals surface area contributed by atoms with Crippen LogP contribution in [0.5, 0.6) is 17.2 Å². The molecular weight excluding hydrogens is 476 g/mol. The van der Waals surface area contributed by atoms with Crippen LogP contribution in [-0.4, -0.2) is 33.8 Å². The zero-order chi connectivity index (χ0) is 19.6. The number of benzene rings is 2. The molecule has 0 fully saturated rings. The normalized spacial score (nSPS) is 10.7. The van der Waals surface area contributed by atoms with Crippen LogP contribution in [0, 0.1) is 5.82 Å². The van der Waals surface area contributed by atoms with E-state index in [2.05, 4.69) is 15.6 Å². The minimum Gasteiger partial charge on any atom is -0.496 e. The van der Waals surface area contributed by atoms with Crippen molar-refractivity contribution in [3.8, 4) is 17.2 Å². The quantitative estimate of drug-likeness (QED) is 0.327. The molecule has 0 spiro atoms. The number of methoxy groups -OCH3 is 3. The van der Waals surface area contributed by atoms with Gasteiger partial charge in [-0.25, -0.2) is 9.38 Å².